The second-order valence-electron chi connectivity index (χ2n) is 15.1. The largest absolute Gasteiger partial charge is 0.508 e. The zero-order chi connectivity index (χ0) is 36.7. The number of phenols is 1. The molecule has 4 aliphatic heterocycles. The van der Waals surface area contributed by atoms with E-state index in [1.54, 1.807) is 18.7 Å². The molecular formula is C38H38F7N5O2. The number of fused-ring (bicyclic) bond motifs is 5. The van der Waals surface area contributed by atoms with Gasteiger partial charge in [-0.2, -0.15) is 31.9 Å². The van der Waals surface area contributed by atoms with Crippen LogP contribution in [0.1, 0.15) is 69.4 Å². The number of alkyl halides is 3. The predicted octanol–water partition coefficient (Wildman–Crippen LogP) is 8.67. The number of nitrogens with zero attached hydrogens (tertiary/aromatic N) is 4. The van der Waals surface area contributed by atoms with E-state index < -0.39 is 57.7 Å². The second kappa shape index (κ2) is 12.5. The first-order chi connectivity index (χ1) is 24.7. The van der Waals surface area contributed by atoms with Crippen LogP contribution in [-0.2, 0) is 6.18 Å². The average Bonchev–Trinajstić information content (AvgIpc) is 3.74. The number of hydrogen-bond donors (Lipinski definition) is 2. The molecule has 0 spiro atoms. The van der Waals surface area contributed by atoms with E-state index in [0.29, 0.717) is 12.8 Å². The normalized spacial score (nSPS) is 22.9. The number of phenolic OH excluding ortho intramolecular Hbond substituents is 1. The van der Waals surface area contributed by atoms with Gasteiger partial charge in [0.1, 0.15) is 29.5 Å². The van der Waals surface area contributed by atoms with Gasteiger partial charge in [0.25, 0.3) is 6.08 Å². The van der Waals surface area contributed by atoms with Gasteiger partial charge in [-0.15, -0.1) is 0 Å². The molecule has 0 aliphatic carbocycles. The van der Waals surface area contributed by atoms with Crippen molar-refractivity contribution < 1.29 is 40.6 Å². The summed E-state index contributed by atoms with van der Waals surface area (Å²) in [5, 5.41) is 13.9. The highest BCUT2D eigenvalue weighted by Crippen LogP contribution is 2.48. The van der Waals surface area contributed by atoms with Gasteiger partial charge >= 0.3 is 12.2 Å². The van der Waals surface area contributed by atoms with Gasteiger partial charge in [0.05, 0.1) is 16.6 Å². The zero-order valence-corrected chi connectivity index (χ0v) is 28.7. The monoisotopic (exact) mass is 729 g/mol. The van der Waals surface area contributed by atoms with Crippen LogP contribution in [0.25, 0.3) is 32.8 Å². The standard InChI is InChI=1S/C38H38F7N5O2/c1-20(2)29-27(39)6-5-21-13-23(51)14-24(30(21)29)31-26(38(43,44)45)15-25-33(32(31)42)46-35(52-19-37-8-3-11-50(37)12-4-9-37)47-34(25)49-17-22-7-10-36(18-49,48-22)16-28(40)41/h5-6,13-16,20,22,48,51H,3-4,7-12,17-19H2,1-2H3/t22-,36-/m1/s1. The molecule has 2 bridgehead atoms. The van der Waals surface area contributed by atoms with Crippen LogP contribution in [0, 0.1) is 11.6 Å². The van der Waals surface area contributed by atoms with Crippen LogP contribution in [0.3, 0.4) is 0 Å². The molecule has 3 aromatic carbocycles. The van der Waals surface area contributed by atoms with E-state index in [-0.39, 0.29) is 70.4 Å². The Labute approximate surface area is 295 Å². The first-order valence-electron chi connectivity index (χ1n) is 17.7. The van der Waals surface area contributed by atoms with Gasteiger partial charge in [0, 0.05) is 36.2 Å². The summed E-state index contributed by atoms with van der Waals surface area (Å²) in [5.41, 5.74) is -4.46. The van der Waals surface area contributed by atoms with Crippen molar-refractivity contribution in [1.82, 2.24) is 20.2 Å². The fourth-order valence-electron chi connectivity index (χ4n) is 9.30. The molecule has 4 saturated heterocycles. The molecule has 8 rings (SSSR count). The van der Waals surface area contributed by atoms with E-state index in [1.807, 2.05) is 0 Å². The van der Waals surface area contributed by atoms with Gasteiger partial charge in [0.2, 0.25) is 0 Å². The Bertz CT molecular complexity index is 2110. The van der Waals surface area contributed by atoms with Crippen molar-refractivity contribution in [3.05, 3.63) is 65.2 Å². The minimum atomic E-state index is -5.13. The summed E-state index contributed by atoms with van der Waals surface area (Å²) in [4.78, 5) is 13.0. The fourth-order valence-corrected chi connectivity index (χ4v) is 9.30. The Morgan fingerprint density at radius 2 is 1.83 bits per heavy atom. The summed E-state index contributed by atoms with van der Waals surface area (Å²) < 4.78 is 112. The number of anilines is 1. The van der Waals surface area contributed by atoms with Crippen LogP contribution in [0.15, 0.2) is 42.5 Å². The quantitative estimate of drug-likeness (QED) is 0.185. The second-order valence-corrected chi connectivity index (χ2v) is 15.1. The zero-order valence-electron chi connectivity index (χ0n) is 28.7. The SMILES string of the molecule is CC(C)c1c(F)ccc2cc(O)cc(-c3c(C(F)(F)F)cc4c(N5C[C@H]6CC[C@@](C=C(F)F)(C5)N6)nc(OCC56CCCN5CCC6)nc4c3F)c12. The summed E-state index contributed by atoms with van der Waals surface area (Å²) in [5.74, 6) is -3.05. The number of ether oxygens (including phenoxy) is 1. The Kier molecular flexibility index (Phi) is 8.36. The minimum absolute atomic E-state index is 0.0321. The van der Waals surface area contributed by atoms with Crippen molar-refractivity contribution >= 4 is 27.5 Å². The summed E-state index contributed by atoms with van der Waals surface area (Å²) >= 11 is 0. The summed E-state index contributed by atoms with van der Waals surface area (Å²) in [6.45, 7) is 5.49. The van der Waals surface area contributed by atoms with Crippen LogP contribution in [0.2, 0.25) is 0 Å². The minimum Gasteiger partial charge on any atom is -0.508 e. The van der Waals surface area contributed by atoms with Crippen molar-refractivity contribution in [2.75, 3.05) is 37.7 Å². The maximum Gasteiger partial charge on any atom is 0.417 e. The van der Waals surface area contributed by atoms with Gasteiger partial charge in [-0.3, -0.25) is 4.90 Å². The van der Waals surface area contributed by atoms with E-state index in [9.17, 15) is 13.9 Å². The lowest BCUT2D eigenvalue weighted by atomic mass is 9.87. The van der Waals surface area contributed by atoms with E-state index in [4.69, 9.17) is 4.74 Å². The number of rotatable bonds is 7. The van der Waals surface area contributed by atoms with Gasteiger partial charge < -0.3 is 20.1 Å². The fraction of sp³-hybridized carbons (Fsp3) is 0.474. The number of nitrogens with one attached hydrogen (secondary N) is 1. The Morgan fingerprint density at radius 3 is 2.52 bits per heavy atom. The summed E-state index contributed by atoms with van der Waals surface area (Å²) in [6.07, 6.45) is -1.58. The highest BCUT2D eigenvalue weighted by molar-refractivity contribution is 6.04. The lowest BCUT2D eigenvalue weighted by molar-refractivity contribution is -0.137. The van der Waals surface area contributed by atoms with E-state index in [1.165, 1.54) is 12.1 Å². The topological polar surface area (TPSA) is 73.8 Å². The number of halogens is 7. The molecule has 0 amide bonds. The Morgan fingerprint density at radius 1 is 1.08 bits per heavy atom. The van der Waals surface area contributed by atoms with E-state index in [0.717, 1.165) is 63.0 Å². The number of benzene rings is 3. The third-order valence-corrected chi connectivity index (χ3v) is 11.4. The lowest BCUT2D eigenvalue weighted by Gasteiger charge is -2.40. The van der Waals surface area contributed by atoms with Crippen LogP contribution < -0.4 is 15.0 Å². The van der Waals surface area contributed by atoms with Crippen LogP contribution >= 0.6 is 0 Å². The van der Waals surface area contributed by atoms with Crippen molar-refractivity contribution in [1.29, 1.82) is 0 Å². The molecule has 2 atom stereocenters. The van der Waals surface area contributed by atoms with E-state index in [2.05, 4.69) is 20.2 Å². The number of piperazine rings is 1. The Hall–Kier alpha value is -4.17. The number of hydrogen-bond acceptors (Lipinski definition) is 7. The van der Waals surface area contributed by atoms with Crippen molar-refractivity contribution in [2.24, 2.45) is 0 Å². The average molecular weight is 730 g/mol. The maximum atomic E-state index is 17.4. The molecule has 276 valence electrons. The lowest BCUT2D eigenvalue weighted by Crippen LogP contribution is -2.59. The predicted molar refractivity (Wildman–Crippen MR) is 183 cm³/mol. The van der Waals surface area contributed by atoms with Crippen LogP contribution in [0.5, 0.6) is 11.8 Å². The number of aromatic hydroxyl groups is 1. The molecule has 14 heteroatoms. The third-order valence-electron chi connectivity index (χ3n) is 11.4. The van der Waals surface area contributed by atoms with Crippen molar-refractivity contribution in [3.63, 3.8) is 0 Å². The third kappa shape index (κ3) is 5.82. The first kappa shape index (κ1) is 34.9. The van der Waals surface area contributed by atoms with Gasteiger partial charge in [-0.05, 0) is 104 Å². The molecule has 2 N–H and O–H groups in total. The maximum absolute atomic E-state index is 17.4. The molecule has 0 radical (unpaired) electrons. The molecule has 4 aromatic rings. The molecule has 0 saturated carbocycles. The van der Waals surface area contributed by atoms with Crippen molar-refractivity contribution in [2.45, 2.75) is 81.6 Å². The summed E-state index contributed by atoms with van der Waals surface area (Å²) in [7, 11) is 0. The molecule has 7 nitrogen and oxygen atoms in total. The van der Waals surface area contributed by atoms with E-state index >= 15 is 22.0 Å². The molecular weight excluding hydrogens is 691 g/mol. The van der Waals surface area contributed by atoms with Crippen LogP contribution in [-0.4, -0.2) is 69.9 Å². The molecule has 0 unspecified atom stereocenters. The van der Waals surface area contributed by atoms with Gasteiger partial charge in [-0.25, -0.2) is 8.78 Å². The molecule has 5 heterocycles. The van der Waals surface area contributed by atoms with Crippen molar-refractivity contribution in [3.8, 4) is 22.9 Å². The molecule has 1 aromatic heterocycles. The number of aromatic nitrogens is 2. The van der Waals surface area contributed by atoms with Gasteiger partial charge in [0.15, 0.2) is 5.82 Å². The smallest absolute Gasteiger partial charge is 0.417 e. The molecule has 4 aliphatic rings. The van der Waals surface area contributed by atoms with Gasteiger partial charge in [-0.1, -0.05) is 19.9 Å². The molecule has 52 heavy (non-hydrogen) atoms. The Balaban J connectivity index is 1.38. The highest BCUT2D eigenvalue weighted by Gasteiger charge is 2.47. The first-order valence-corrected chi connectivity index (χ1v) is 17.7. The highest BCUT2D eigenvalue weighted by atomic mass is 19.4. The van der Waals surface area contributed by atoms with Crippen LogP contribution in [0.4, 0.5) is 36.6 Å². The molecule has 4 fully saturated rings. The summed E-state index contributed by atoms with van der Waals surface area (Å²) in [6, 6.07) is 5.04.